The first-order chi connectivity index (χ1) is 21.6. The van der Waals surface area contributed by atoms with Gasteiger partial charge in [-0.05, 0) is 56.4 Å². The molecule has 4 aromatic carbocycles. The molecule has 10 heteroatoms. The molecule has 0 spiro atoms. The summed E-state index contributed by atoms with van der Waals surface area (Å²) in [5.74, 6) is 0.575. The first-order valence-electron chi connectivity index (χ1n) is 14.4. The molecular formula is C34H33N5O4S. The van der Waals surface area contributed by atoms with Gasteiger partial charge in [0.05, 0.1) is 18.8 Å². The van der Waals surface area contributed by atoms with Crippen LogP contribution in [-0.4, -0.2) is 43.1 Å². The molecule has 9 nitrogen and oxygen atoms in total. The Morgan fingerprint density at radius 3 is 2.41 bits per heavy atom. The molecule has 1 fully saturated rings. The van der Waals surface area contributed by atoms with Gasteiger partial charge in [-0.25, -0.2) is 4.68 Å². The normalized spacial score (nSPS) is 18.2. The van der Waals surface area contributed by atoms with Crippen LogP contribution in [0.2, 0.25) is 0 Å². The Bertz CT molecular complexity index is 1680. The number of hydrogen-bond donors (Lipinski definition) is 2. The monoisotopic (exact) mass is 607 g/mol. The van der Waals surface area contributed by atoms with Crippen molar-refractivity contribution < 1.29 is 19.4 Å². The lowest BCUT2D eigenvalue weighted by Crippen LogP contribution is -2.31. The summed E-state index contributed by atoms with van der Waals surface area (Å²) >= 11 is 1.55. The largest absolute Gasteiger partial charge is 0.392 e. The smallest absolute Gasteiger partial charge is 0.251 e. The number of rotatable bonds is 10. The second-order valence-electron chi connectivity index (χ2n) is 10.6. The lowest BCUT2D eigenvalue weighted by Gasteiger charge is -2.36. The second kappa shape index (κ2) is 14.0. The second-order valence-corrected chi connectivity index (χ2v) is 11.6. The number of aliphatic hydroxyl groups is 1. The predicted octanol–water partition coefficient (Wildman–Crippen LogP) is 5.64. The molecule has 1 aliphatic heterocycles. The maximum absolute atomic E-state index is 12.5. The number of hydrogen-bond acceptors (Lipinski definition) is 8. The van der Waals surface area contributed by atoms with E-state index in [2.05, 4.69) is 45.1 Å². The van der Waals surface area contributed by atoms with E-state index in [1.807, 2.05) is 73.8 Å². The summed E-state index contributed by atoms with van der Waals surface area (Å²) < 4.78 is 14.6. The van der Waals surface area contributed by atoms with Gasteiger partial charge < -0.3 is 19.9 Å². The molecule has 3 atom stereocenters. The maximum Gasteiger partial charge on any atom is 0.251 e. The highest BCUT2D eigenvalue weighted by molar-refractivity contribution is 7.99. The highest BCUT2D eigenvalue weighted by Gasteiger charge is 2.32. The molecule has 1 amide bonds. The lowest BCUT2D eigenvalue weighted by molar-refractivity contribution is -0.245. The third-order valence-corrected chi connectivity index (χ3v) is 8.67. The molecule has 6 rings (SSSR count). The summed E-state index contributed by atoms with van der Waals surface area (Å²) in [6.45, 7) is 0.438. The highest BCUT2D eigenvalue weighted by atomic mass is 32.2. The van der Waals surface area contributed by atoms with Crippen LogP contribution in [0.15, 0.2) is 108 Å². The number of aromatic nitrogens is 4. The molecule has 1 saturated heterocycles. The van der Waals surface area contributed by atoms with Gasteiger partial charge in [0.25, 0.3) is 5.91 Å². The van der Waals surface area contributed by atoms with E-state index in [9.17, 15) is 9.90 Å². The quantitative estimate of drug-likeness (QED) is 0.196. The van der Waals surface area contributed by atoms with Crippen LogP contribution in [0.4, 0.5) is 0 Å². The maximum atomic E-state index is 12.5. The summed E-state index contributed by atoms with van der Waals surface area (Å²) in [5.41, 5.74) is 6.59. The van der Waals surface area contributed by atoms with E-state index in [1.165, 1.54) is 0 Å². The van der Waals surface area contributed by atoms with Gasteiger partial charge in [-0.15, -0.1) is 5.10 Å². The molecule has 224 valence electrons. The number of amides is 1. The Hall–Kier alpha value is -4.35. The van der Waals surface area contributed by atoms with Gasteiger partial charge in [-0.1, -0.05) is 96.7 Å². The zero-order valence-electron chi connectivity index (χ0n) is 24.2. The van der Waals surface area contributed by atoms with Gasteiger partial charge in [-0.3, -0.25) is 4.79 Å². The van der Waals surface area contributed by atoms with Crippen LogP contribution in [0.1, 0.15) is 51.4 Å². The average Bonchev–Trinajstić information content (AvgIpc) is 3.51. The fourth-order valence-corrected chi connectivity index (χ4v) is 5.97. The predicted molar refractivity (Wildman–Crippen MR) is 167 cm³/mol. The van der Waals surface area contributed by atoms with Crippen molar-refractivity contribution in [3.63, 3.8) is 0 Å². The minimum absolute atomic E-state index is 0.000120. The first kappa shape index (κ1) is 29.7. The van der Waals surface area contributed by atoms with Crippen LogP contribution in [0, 0.1) is 0 Å². The SMILES string of the molecule is Cn1nnnc1SC[C@@H]1C[C@H](c2ccc(CO)cc2)O[C@H](c2ccc(-c3cccc(CNC(=O)c4ccccc4)c3)cc2)O1. The number of carbonyl (C=O) groups is 1. The Balaban J connectivity index is 1.16. The zero-order valence-corrected chi connectivity index (χ0v) is 25.1. The van der Waals surface area contributed by atoms with E-state index >= 15 is 0 Å². The van der Waals surface area contributed by atoms with E-state index < -0.39 is 6.29 Å². The Kier molecular flexibility index (Phi) is 9.43. The summed E-state index contributed by atoms with van der Waals surface area (Å²) in [6.07, 6.45) is -0.144. The van der Waals surface area contributed by atoms with Crippen LogP contribution in [0.5, 0.6) is 0 Å². The molecule has 0 unspecified atom stereocenters. The molecule has 0 radical (unpaired) electrons. The molecule has 2 heterocycles. The van der Waals surface area contributed by atoms with E-state index in [1.54, 1.807) is 28.6 Å². The number of thioether (sulfide) groups is 1. The molecule has 1 aromatic heterocycles. The third-order valence-electron chi connectivity index (χ3n) is 7.53. The van der Waals surface area contributed by atoms with Crippen LogP contribution in [-0.2, 0) is 29.7 Å². The van der Waals surface area contributed by atoms with Crippen molar-refractivity contribution in [3.05, 3.63) is 131 Å². The van der Waals surface area contributed by atoms with Crippen molar-refractivity contribution in [2.24, 2.45) is 7.05 Å². The number of aliphatic hydroxyl groups excluding tert-OH is 1. The van der Waals surface area contributed by atoms with Gasteiger partial charge in [0.1, 0.15) is 0 Å². The van der Waals surface area contributed by atoms with E-state index in [0.29, 0.717) is 24.3 Å². The molecule has 0 saturated carbocycles. The van der Waals surface area contributed by atoms with Gasteiger partial charge in [0.15, 0.2) is 6.29 Å². The molecule has 0 aliphatic carbocycles. The summed E-state index contributed by atoms with van der Waals surface area (Å²) in [7, 11) is 1.82. The first-order valence-corrected chi connectivity index (χ1v) is 15.4. The van der Waals surface area contributed by atoms with E-state index in [0.717, 1.165) is 38.5 Å². The molecule has 5 aromatic rings. The molecule has 44 heavy (non-hydrogen) atoms. The number of nitrogens with one attached hydrogen (secondary N) is 1. The minimum Gasteiger partial charge on any atom is -0.392 e. The summed E-state index contributed by atoms with van der Waals surface area (Å²) in [6, 6.07) is 33.5. The number of ether oxygens (including phenoxy) is 2. The molecule has 1 aliphatic rings. The van der Waals surface area contributed by atoms with Gasteiger partial charge in [0, 0.05) is 36.9 Å². The van der Waals surface area contributed by atoms with Crippen molar-refractivity contribution in [3.8, 4) is 11.1 Å². The van der Waals surface area contributed by atoms with Crippen molar-refractivity contribution >= 4 is 17.7 Å². The number of nitrogens with zero attached hydrogens (tertiary/aromatic N) is 4. The van der Waals surface area contributed by atoms with Crippen molar-refractivity contribution in [2.45, 2.75) is 43.2 Å². The number of carbonyl (C=O) groups excluding carboxylic acids is 1. The molecule has 2 N–H and O–H groups in total. The number of tetrazole rings is 1. The van der Waals surface area contributed by atoms with Crippen molar-refractivity contribution in [1.29, 1.82) is 0 Å². The Labute approximate surface area is 260 Å². The number of benzene rings is 4. The molecular weight excluding hydrogens is 574 g/mol. The fraction of sp³-hybridized carbons (Fsp3) is 0.235. The van der Waals surface area contributed by atoms with Crippen molar-refractivity contribution in [2.75, 3.05) is 5.75 Å². The average molecular weight is 608 g/mol. The van der Waals surface area contributed by atoms with E-state index in [4.69, 9.17) is 9.47 Å². The molecule has 0 bridgehead atoms. The standard InChI is InChI=1S/C34H33N5O4S/c1-39-34(36-37-38-39)44-22-30-19-31(26-12-10-23(21-40)11-13-26)43-33(42-30)28-16-14-25(15-17-28)29-9-5-6-24(18-29)20-35-32(41)27-7-3-2-4-8-27/h2-18,30-31,33,40H,19-22H2,1H3,(H,35,41)/t30-,31+,33+/m0/s1. The highest BCUT2D eigenvalue weighted by Crippen LogP contribution is 2.39. The van der Waals surface area contributed by atoms with Crippen LogP contribution < -0.4 is 5.32 Å². The van der Waals surface area contributed by atoms with Crippen LogP contribution in [0.25, 0.3) is 11.1 Å². The topological polar surface area (TPSA) is 111 Å². The summed E-state index contributed by atoms with van der Waals surface area (Å²) in [5, 5.41) is 24.9. The van der Waals surface area contributed by atoms with Crippen molar-refractivity contribution in [1.82, 2.24) is 25.5 Å². The Morgan fingerprint density at radius 2 is 1.68 bits per heavy atom. The Morgan fingerprint density at radius 1 is 0.909 bits per heavy atom. The van der Waals surface area contributed by atoms with Crippen LogP contribution >= 0.6 is 11.8 Å². The minimum atomic E-state index is -0.553. The van der Waals surface area contributed by atoms with Crippen LogP contribution in [0.3, 0.4) is 0 Å². The van der Waals surface area contributed by atoms with Gasteiger partial charge >= 0.3 is 0 Å². The third kappa shape index (κ3) is 7.23. The van der Waals surface area contributed by atoms with Gasteiger partial charge in [0.2, 0.25) is 5.16 Å². The lowest BCUT2D eigenvalue weighted by atomic mass is 9.99. The fourth-order valence-electron chi connectivity index (χ4n) is 5.10. The van der Waals surface area contributed by atoms with E-state index in [-0.39, 0.29) is 24.7 Å². The summed E-state index contributed by atoms with van der Waals surface area (Å²) in [4.78, 5) is 12.5. The number of aryl methyl sites for hydroxylation is 1. The zero-order chi connectivity index (χ0) is 30.3. The van der Waals surface area contributed by atoms with Gasteiger partial charge in [-0.2, -0.15) is 0 Å².